The minimum Gasteiger partial charge on any atom is -0.508 e. The molecular weight excluding hydrogens is 853 g/mol. The molecule has 332 valence electrons. The van der Waals surface area contributed by atoms with E-state index in [4.69, 9.17) is 17.3 Å². The number of phenolic OH excluding ortho intramolecular Hbond substituents is 7. The molecule has 0 saturated carbocycles. The number of methoxy groups -OCH3 is 1. The van der Waals surface area contributed by atoms with Crippen molar-refractivity contribution in [2.24, 2.45) is 0 Å². The van der Waals surface area contributed by atoms with E-state index in [1.165, 1.54) is 6.07 Å². The Labute approximate surface area is 392 Å². The SMILES string of the molecule is [B]c1c(O)c(O)c(O)c(-c2cc(-c3c(O)cc(O)cc3O)ccc2N(c2ccc(-c3cc4c5c(c(OC)ccc5c3)C3=CCCC=C3O4)c3ccccc23)C2C=CC(c3ccccc3)=CC2)c1O. The molecule has 68 heavy (non-hydrogen) atoms. The second-order valence-electron chi connectivity index (χ2n) is 17.1. The Hall–Kier alpha value is -8.70. The number of nitrogens with zero attached hydrogens (tertiary/aromatic N) is 1. The Morgan fingerprint density at radius 1 is 0.603 bits per heavy atom. The van der Waals surface area contributed by atoms with Crippen molar-refractivity contribution in [1.29, 1.82) is 0 Å². The lowest BCUT2D eigenvalue weighted by Gasteiger charge is -2.36. The van der Waals surface area contributed by atoms with Gasteiger partial charge in [-0.2, -0.15) is 0 Å². The molecule has 11 rings (SSSR count). The fraction of sp³-hybridized carbons (Fsp3) is 0.0877. The summed E-state index contributed by atoms with van der Waals surface area (Å²) in [5.74, 6) is -2.35. The first kappa shape index (κ1) is 42.0. The van der Waals surface area contributed by atoms with Gasteiger partial charge in [-0.1, -0.05) is 97.1 Å². The zero-order valence-electron chi connectivity index (χ0n) is 36.6. The lowest BCUT2D eigenvalue weighted by atomic mass is 9.86. The minimum atomic E-state index is -0.952. The van der Waals surface area contributed by atoms with Gasteiger partial charge < -0.3 is 50.1 Å². The molecular formula is C57H42BNO9. The van der Waals surface area contributed by atoms with Crippen molar-refractivity contribution in [3.8, 4) is 85.1 Å². The third kappa shape index (κ3) is 6.73. The van der Waals surface area contributed by atoms with E-state index in [2.05, 4.69) is 65.6 Å². The van der Waals surface area contributed by atoms with Gasteiger partial charge in [-0.3, -0.25) is 0 Å². The maximum absolute atomic E-state index is 11.7. The topological polar surface area (TPSA) is 163 Å². The maximum Gasteiger partial charge on any atom is 0.200 e. The molecule has 0 spiro atoms. The fourth-order valence-electron chi connectivity index (χ4n) is 10.0. The average Bonchev–Trinajstić information content (AvgIpc) is 3.36. The molecule has 1 unspecified atom stereocenters. The van der Waals surface area contributed by atoms with Crippen molar-refractivity contribution >= 4 is 57.4 Å². The molecule has 0 aromatic heterocycles. The lowest BCUT2D eigenvalue weighted by molar-refractivity contribution is 0.365. The highest BCUT2D eigenvalue weighted by Gasteiger charge is 2.32. The van der Waals surface area contributed by atoms with Gasteiger partial charge in [0.05, 0.1) is 24.3 Å². The largest absolute Gasteiger partial charge is 0.508 e. The molecule has 0 bridgehead atoms. The third-order valence-corrected chi connectivity index (χ3v) is 13.2. The Kier molecular flexibility index (Phi) is 10.1. The molecule has 2 aliphatic carbocycles. The monoisotopic (exact) mass is 895 g/mol. The number of allylic oxidation sites excluding steroid dienone is 5. The van der Waals surface area contributed by atoms with Gasteiger partial charge in [-0.25, -0.2) is 0 Å². The second-order valence-corrected chi connectivity index (χ2v) is 17.1. The van der Waals surface area contributed by atoms with Gasteiger partial charge in [0, 0.05) is 51.0 Å². The maximum atomic E-state index is 11.7. The van der Waals surface area contributed by atoms with Gasteiger partial charge >= 0.3 is 0 Å². The first-order valence-corrected chi connectivity index (χ1v) is 22.1. The van der Waals surface area contributed by atoms with Crippen molar-refractivity contribution in [3.63, 3.8) is 0 Å². The van der Waals surface area contributed by atoms with Crippen LogP contribution in [0.4, 0.5) is 11.4 Å². The Balaban J connectivity index is 1.15. The smallest absolute Gasteiger partial charge is 0.200 e. The summed E-state index contributed by atoms with van der Waals surface area (Å²) < 4.78 is 12.6. The Morgan fingerprint density at radius 2 is 1.34 bits per heavy atom. The fourth-order valence-corrected chi connectivity index (χ4v) is 10.0. The number of phenols is 7. The van der Waals surface area contributed by atoms with E-state index in [0.717, 1.165) is 103 Å². The van der Waals surface area contributed by atoms with Crippen molar-refractivity contribution < 1.29 is 45.2 Å². The van der Waals surface area contributed by atoms with E-state index >= 15 is 0 Å². The van der Waals surface area contributed by atoms with Crippen LogP contribution in [0.3, 0.4) is 0 Å². The number of benzene rings is 8. The zero-order chi connectivity index (χ0) is 47.0. The molecule has 1 heterocycles. The highest BCUT2D eigenvalue weighted by Crippen LogP contribution is 2.54. The molecule has 1 atom stereocenters. The van der Waals surface area contributed by atoms with Crippen LogP contribution in [0.25, 0.3) is 66.1 Å². The summed E-state index contributed by atoms with van der Waals surface area (Å²) in [7, 11) is 7.87. The highest BCUT2D eigenvalue weighted by atomic mass is 16.5. The summed E-state index contributed by atoms with van der Waals surface area (Å²) in [4.78, 5) is 2.07. The van der Waals surface area contributed by atoms with Gasteiger partial charge in [0.2, 0.25) is 5.75 Å². The molecule has 7 N–H and O–H groups in total. The molecule has 8 aromatic carbocycles. The van der Waals surface area contributed by atoms with Crippen LogP contribution >= 0.6 is 0 Å². The molecule has 2 radical (unpaired) electrons. The predicted octanol–water partition coefficient (Wildman–Crippen LogP) is 11.7. The van der Waals surface area contributed by atoms with E-state index in [9.17, 15) is 35.7 Å². The van der Waals surface area contributed by atoms with Gasteiger partial charge in [0.15, 0.2) is 11.5 Å². The molecule has 1 aliphatic heterocycles. The quantitative estimate of drug-likeness (QED) is 0.0444. The standard InChI is InChI=1S/C57H42BNO9/c1-67-47-24-18-32-25-34(27-48-50(32)51(47)40-13-7-8-14-46(40)68-48)37-21-23-42(39-12-6-5-11-38(37)39)59(35-19-15-31(16-20-35)30-9-3-2-4-10-30)43-22-17-33(49-44(61)28-36(60)29-45(49)62)26-41(43)52-54(63)53(58)56(65)57(66)55(52)64/h2-6,9-19,21-29,35,60-66H,7-8,20H2,1H3. The van der Waals surface area contributed by atoms with Gasteiger partial charge in [0.1, 0.15) is 48.1 Å². The predicted molar refractivity (Wildman–Crippen MR) is 268 cm³/mol. The van der Waals surface area contributed by atoms with Gasteiger partial charge in [-0.05, 0) is 106 Å². The second kappa shape index (κ2) is 16.3. The Bertz CT molecular complexity index is 3500. The summed E-state index contributed by atoms with van der Waals surface area (Å²) >= 11 is 0. The Morgan fingerprint density at radius 3 is 2.09 bits per heavy atom. The number of fused-ring (bicyclic) bond motifs is 3. The van der Waals surface area contributed by atoms with Crippen LogP contribution in [0.2, 0.25) is 0 Å². The lowest BCUT2D eigenvalue weighted by Crippen LogP contribution is -2.31. The van der Waals surface area contributed by atoms with E-state index in [-0.39, 0.29) is 28.0 Å². The summed E-state index contributed by atoms with van der Waals surface area (Å²) in [6.07, 6.45) is 12.9. The van der Waals surface area contributed by atoms with E-state index < -0.39 is 46.0 Å². The van der Waals surface area contributed by atoms with Gasteiger partial charge in [0.25, 0.3) is 0 Å². The van der Waals surface area contributed by atoms with Crippen LogP contribution in [0, 0.1) is 0 Å². The summed E-state index contributed by atoms with van der Waals surface area (Å²) in [6, 6.07) is 37.1. The summed E-state index contributed by atoms with van der Waals surface area (Å²) in [5, 5.41) is 81.1. The zero-order valence-corrected chi connectivity index (χ0v) is 36.6. The van der Waals surface area contributed by atoms with E-state index in [0.29, 0.717) is 12.1 Å². The number of rotatable bonds is 8. The average molecular weight is 896 g/mol. The molecule has 10 nitrogen and oxygen atoms in total. The molecule has 0 amide bonds. The molecule has 0 fully saturated rings. The number of aromatic hydroxyl groups is 7. The van der Waals surface area contributed by atoms with Crippen LogP contribution in [-0.4, -0.2) is 56.7 Å². The highest BCUT2D eigenvalue weighted by molar-refractivity contribution is 6.37. The minimum absolute atomic E-state index is 0.0455. The van der Waals surface area contributed by atoms with Crippen LogP contribution in [-0.2, 0) is 0 Å². The van der Waals surface area contributed by atoms with Crippen molar-refractivity contribution in [1.82, 2.24) is 0 Å². The number of ether oxygens (including phenoxy) is 2. The summed E-state index contributed by atoms with van der Waals surface area (Å²) in [6.45, 7) is 0. The van der Waals surface area contributed by atoms with Crippen molar-refractivity contribution in [2.45, 2.75) is 25.3 Å². The van der Waals surface area contributed by atoms with Crippen LogP contribution < -0.4 is 19.8 Å². The van der Waals surface area contributed by atoms with Gasteiger partial charge in [-0.15, -0.1) is 0 Å². The third-order valence-electron chi connectivity index (χ3n) is 13.2. The normalized spacial score (nSPS) is 15.0. The van der Waals surface area contributed by atoms with Crippen LogP contribution in [0.15, 0.2) is 157 Å². The van der Waals surface area contributed by atoms with Crippen LogP contribution in [0.1, 0.15) is 30.4 Å². The number of hydrogen-bond donors (Lipinski definition) is 7. The molecule has 8 aromatic rings. The van der Waals surface area contributed by atoms with Crippen molar-refractivity contribution in [2.75, 3.05) is 12.0 Å². The van der Waals surface area contributed by atoms with E-state index in [1.54, 1.807) is 19.2 Å². The summed E-state index contributed by atoms with van der Waals surface area (Å²) in [5.41, 5.74) is 6.55. The van der Waals surface area contributed by atoms with Crippen LogP contribution in [0.5, 0.6) is 51.7 Å². The van der Waals surface area contributed by atoms with E-state index in [1.807, 2.05) is 60.7 Å². The first-order chi connectivity index (χ1) is 33.0. The number of anilines is 2. The first-order valence-electron chi connectivity index (χ1n) is 22.1. The molecule has 0 saturated heterocycles. The number of hydrogen-bond acceptors (Lipinski definition) is 10. The van der Waals surface area contributed by atoms with Crippen molar-refractivity contribution in [3.05, 3.63) is 169 Å². The molecule has 11 heteroatoms. The molecule has 3 aliphatic rings.